The van der Waals surface area contributed by atoms with Gasteiger partial charge in [0.2, 0.25) is 0 Å². The lowest BCUT2D eigenvalue weighted by Crippen LogP contribution is -2.19. The van der Waals surface area contributed by atoms with E-state index in [1.807, 2.05) is 21.0 Å². The summed E-state index contributed by atoms with van der Waals surface area (Å²) in [5.41, 5.74) is 1.42. The van der Waals surface area contributed by atoms with Crippen molar-refractivity contribution in [3.63, 3.8) is 0 Å². The van der Waals surface area contributed by atoms with Crippen LogP contribution in [0.3, 0.4) is 0 Å². The van der Waals surface area contributed by atoms with Crippen molar-refractivity contribution < 1.29 is 0 Å². The van der Waals surface area contributed by atoms with Crippen molar-refractivity contribution in [3.8, 4) is 6.07 Å². The van der Waals surface area contributed by atoms with E-state index in [2.05, 4.69) is 43.4 Å². The minimum absolute atomic E-state index is 0.649. The average molecular weight is 325 g/mol. The fourth-order valence-corrected chi connectivity index (χ4v) is 3.46. The Morgan fingerprint density at radius 3 is 2.89 bits per heavy atom. The molecular formula is C12H13BrN4S. The summed E-state index contributed by atoms with van der Waals surface area (Å²) < 4.78 is 2.86. The lowest BCUT2D eigenvalue weighted by Gasteiger charge is -2.18. The number of aromatic nitrogens is 2. The van der Waals surface area contributed by atoms with Gasteiger partial charge in [-0.3, -0.25) is 4.68 Å². The summed E-state index contributed by atoms with van der Waals surface area (Å²) in [6, 6.07) is 4.32. The SMILES string of the molecule is Cc1nn(C)c(N(C)Cc2cc(Br)cs2)c1C#N. The van der Waals surface area contributed by atoms with E-state index in [0.717, 1.165) is 22.5 Å². The molecule has 0 amide bonds. The summed E-state index contributed by atoms with van der Waals surface area (Å²) in [5.74, 6) is 0.861. The van der Waals surface area contributed by atoms with E-state index in [4.69, 9.17) is 0 Å². The number of thiophene rings is 1. The van der Waals surface area contributed by atoms with Crippen LogP contribution in [0, 0.1) is 18.3 Å². The van der Waals surface area contributed by atoms with Crippen LogP contribution in [0.4, 0.5) is 5.82 Å². The Hall–Kier alpha value is -1.32. The third-order valence-corrected chi connectivity index (χ3v) is 4.36. The van der Waals surface area contributed by atoms with Crippen LogP contribution in [0.25, 0.3) is 0 Å². The maximum Gasteiger partial charge on any atom is 0.145 e. The fraction of sp³-hybridized carbons (Fsp3) is 0.333. The van der Waals surface area contributed by atoms with Crippen molar-refractivity contribution in [3.05, 3.63) is 32.1 Å². The Morgan fingerprint density at radius 1 is 1.61 bits per heavy atom. The summed E-state index contributed by atoms with van der Waals surface area (Å²) in [4.78, 5) is 3.30. The van der Waals surface area contributed by atoms with Crippen LogP contribution in [0.1, 0.15) is 16.1 Å². The summed E-state index contributed by atoms with van der Waals surface area (Å²) >= 11 is 5.14. The first-order chi connectivity index (χ1) is 8.52. The lowest BCUT2D eigenvalue weighted by molar-refractivity contribution is 0.728. The molecule has 94 valence electrons. The molecule has 0 radical (unpaired) electrons. The Labute approximate surface area is 119 Å². The monoisotopic (exact) mass is 324 g/mol. The molecule has 2 aromatic rings. The van der Waals surface area contributed by atoms with E-state index >= 15 is 0 Å². The minimum atomic E-state index is 0.649. The van der Waals surface area contributed by atoms with E-state index in [1.54, 1.807) is 16.0 Å². The zero-order chi connectivity index (χ0) is 13.3. The third kappa shape index (κ3) is 2.42. The summed E-state index contributed by atoms with van der Waals surface area (Å²) in [6.45, 7) is 2.63. The number of aryl methyl sites for hydroxylation is 2. The van der Waals surface area contributed by atoms with Gasteiger partial charge in [-0.1, -0.05) is 0 Å². The van der Waals surface area contributed by atoms with E-state index < -0.39 is 0 Å². The standard InChI is InChI=1S/C12H13BrN4S/c1-8-11(5-14)12(17(3)15-8)16(2)6-10-4-9(13)7-18-10/h4,7H,6H2,1-3H3. The topological polar surface area (TPSA) is 44.9 Å². The van der Waals surface area contributed by atoms with Gasteiger partial charge in [0.1, 0.15) is 17.5 Å². The Kier molecular flexibility index (Phi) is 3.73. The summed E-state index contributed by atoms with van der Waals surface area (Å²) in [7, 11) is 3.84. The molecule has 2 heterocycles. The van der Waals surface area contributed by atoms with Gasteiger partial charge in [0, 0.05) is 28.8 Å². The molecule has 0 bridgehead atoms. The molecule has 2 rings (SSSR count). The fourth-order valence-electron chi connectivity index (χ4n) is 1.96. The molecule has 0 fully saturated rings. The highest BCUT2D eigenvalue weighted by Crippen LogP contribution is 2.26. The highest BCUT2D eigenvalue weighted by Gasteiger charge is 2.17. The quantitative estimate of drug-likeness (QED) is 0.871. The van der Waals surface area contributed by atoms with Crippen LogP contribution in [-0.2, 0) is 13.6 Å². The Morgan fingerprint density at radius 2 is 2.33 bits per heavy atom. The van der Waals surface area contributed by atoms with Gasteiger partial charge in [0.25, 0.3) is 0 Å². The van der Waals surface area contributed by atoms with Crippen LogP contribution in [0.2, 0.25) is 0 Å². The number of nitrogens with zero attached hydrogens (tertiary/aromatic N) is 4. The van der Waals surface area contributed by atoms with Crippen molar-refractivity contribution in [1.29, 1.82) is 5.26 Å². The van der Waals surface area contributed by atoms with Crippen molar-refractivity contribution in [2.75, 3.05) is 11.9 Å². The number of hydrogen-bond donors (Lipinski definition) is 0. The molecule has 0 spiro atoms. The number of nitriles is 1. The number of anilines is 1. The predicted octanol–water partition coefficient (Wildman–Crippen LogP) is 3.06. The molecule has 2 aromatic heterocycles. The van der Waals surface area contributed by atoms with Gasteiger partial charge in [-0.15, -0.1) is 11.3 Å². The van der Waals surface area contributed by atoms with Gasteiger partial charge in [0.15, 0.2) is 0 Å². The molecule has 0 aliphatic carbocycles. The van der Waals surface area contributed by atoms with Gasteiger partial charge in [0.05, 0.1) is 12.2 Å². The maximum absolute atomic E-state index is 9.20. The largest absolute Gasteiger partial charge is 0.354 e. The molecule has 6 heteroatoms. The van der Waals surface area contributed by atoms with Crippen molar-refractivity contribution in [2.45, 2.75) is 13.5 Å². The second-order valence-electron chi connectivity index (χ2n) is 4.11. The molecule has 0 aliphatic rings. The van der Waals surface area contributed by atoms with Crippen LogP contribution in [0.5, 0.6) is 0 Å². The number of rotatable bonds is 3. The highest BCUT2D eigenvalue weighted by atomic mass is 79.9. The van der Waals surface area contributed by atoms with E-state index in [-0.39, 0.29) is 0 Å². The van der Waals surface area contributed by atoms with Gasteiger partial charge >= 0.3 is 0 Å². The molecule has 0 saturated heterocycles. The van der Waals surface area contributed by atoms with Crippen LogP contribution < -0.4 is 4.90 Å². The highest BCUT2D eigenvalue weighted by molar-refractivity contribution is 9.10. The first-order valence-electron chi connectivity index (χ1n) is 5.40. The van der Waals surface area contributed by atoms with Crippen LogP contribution in [0.15, 0.2) is 15.9 Å². The molecule has 0 unspecified atom stereocenters. The second-order valence-corrected chi connectivity index (χ2v) is 6.02. The molecule has 0 aromatic carbocycles. The molecule has 4 nitrogen and oxygen atoms in total. The van der Waals surface area contributed by atoms with Gasteiger partial charge < -0.3 is 4.90 Å². The normalized spacial score (nSPS) is 10.4. The average Bonchev–Trinajstić information content (AvgIpc) is 2.82. The van der Waals surface area contributed by atoms with Crippen molar-refractivity contribution in [2.24, 2.45) is 7.05 Å². The van der Waals surface area contributed by atoms with Crippen LogP contribution >= 0.6 is 27.3 Å². The van der Waals surface area contributed by atoms with Crippen molar-refractivity contribution >= 4 is 33.1 Å². The molecular weight excluding hydrogens is 312 g/mol. The second kappa shape index (κ2) is 5.12. The lowest BCUT2D eigenvalue weighted by atomic mass is 10.2. The molecule has 0 aliphatic heterocycles. The van der Waals surface area contributed by atoms with Gasteiger partial charge in [-0.25, -0.2) is 0 Å². The maximum atomic E-state index is 9.20. The Bertz CT molecular complexity index is 608. The first kappa shape index (κ1) is 13.1. The molecule has 18 heavy (non-hydrogen) atoms. The zero-order valence-electron chi connectivity index (χ0n) is 10.4. The molecule has 0 saturated carbocycles. The van der Waals surface area contributed by atoms with E-state index in [1.165, 1.54) is 4.88 Å². The predicted molar refractivity (Wildman–Crippen MR) is 76.8 cm³/mol. The molecule has 0 N–H and O–H groups in total. The van der Waals surface area contributed by atoms with Gasteiger partial charge in [-0.05, 0) is 28.9 Å². The summed E-state index contributed by atoms with van der Waals surface area (Å²) in [6.07, 6.45) is 0. The number of halogens is 1. The number of hydrogen-bond acceptors (Lipinski definition) is 4. The van der Waals surface area contributed by atoms with Crippen molar-refractivity contribution in [1.82, 2.24) is 9.78 Å². The zero-order valence-corrected chi connectivity index (χ0v) is 12.8. The smallest absolute Gasteiger partial charge is 0.145 e. The van der Waals surface area contributed by atoms with Gasteiger partial charge in [-0.2, -0.15) is 10.4 Å². The molecule has 0 atom stereocenters. The van der Waals surface area contributed by atoms with E-state index in [9.17, 15) is 5.26 Å². The van der Waals surface area contributed by atoms with E-state index in [0.29, 0.717) is 5.56 Å². The third-order valence-electron chi connectivity index (χ3n) is 2.68. The van der Waals surface area contributed by atoms with Crippen LogP contribution in [-0.4, -0.2) is 16.8 Å². The first-order valence-corrected chi connectivity index (χ1v) is 7.08. The summed E-state index contributed by atoms with van der Waals surface area (Å²) in [5, 5.41) is 15.6. The Balaban J connectivity index is 2.29. The minimum Gasteiger partial charge on any atom is -0.354 e.